The van der Waals surface area contributed by atoms with Crippen molar-refractivity contribution in [2.45, 2.75) is 44.9 Å². The van der Waals surface area contributed by atoms with Crippen LogP contribution >= 0.6 is 15.9 Å². The summed E-state index contributed by atoms with van der Waals surface area (Å²) in [6, 6.07) is 13.2. The van der Waals surface area contributed by atoms with E-state index in [4.69, 9.17) is 0 Å². The van der Waals surface area contributed by atoms with Crippen LogP contribution in [0.15, 0.2) is 36.4 Å². The van der Waals surface area contributed by atoms with E-state index in [1.807, 2.05) is 0 Å². The first-order valence-corrected chi connectivity index (χ1v) is 8.19. The van der Waals surface area contributed by atoms with Crippen molar-refractivity contribution in [3.05, 3.63) is 47.5 Å². The van der Waals surface area contributed by atoms with Crippen LogP contribution in [0, 0.1) is 12.8 Å². The molecule has 0 saturated heterocycles. The molecule has 0 radical (unpaired) electrons. The zero-order chi connectivity index (χ0) is 13.8. The molecular weight excluding hydrogens is 296 g/mol. The second kappa shape index (κ2) is 6.56. The second-order valence-electron chi connectivity index (χ2n) is 5.54. The number of fused-ring (bicyclic) bond motifs is 1. The molecule has 2 rings (SSSR count). The summed E-state index contributed by atoms with van der Waals surface area (Å²) in [5, 5.41) is 2.74. The minimum absolute atomic E-state index is 0.449. The fourth-order valence-electron chi connectivity index (χ4n) is 2.73. The maximum atomic E-state index is 3.95. The van der Waals surface area contributed by atoms with Crippen molar-refractivity contribution < 1.29 is 0 Å². The molecule has 0 nitrogen and oxygen atoms in total. The summed E-state index contributed by atoms with van der Waals surface area (Å²) in [5.41, 5.74) is 2.87. The quantitative estimate of drug-likeness (QED) is 0.559. The van der Waals surface area contributed by atoms with Gasteiger partial charge in [0.15, 0.2) is 0 Å². The third-order valence-corrected chi connectivity index (χ3v) is 5.34. The average molecular weight is 319 g/mol. The highest BCUT2D eigenvalue weighted by Gasteiger charge is 2.19. The molecule has 0 bridgehead atoms. The van der Waals surface area contributed by atoms with Gasteiger partial charge in [-0.2, -0.15) is 0 Å². The number of benzene rings is 2. The van der Waals surface area contributed by atoms with Crippen molar-refractivity contribution >= 4 is 26.7 Å². The summed E-state index contributed by atoms with van der Waals surface area (Å²) >= 11 is 3.95. The van der Waals surface area contributed by atoms with Gasteiger partial charge in [0.25, 0.3) is 0 Å². The van der Waals surface area contributed by atoms with E-state index >= 15 is 0 Å². The average Bonchev–Trinajstić information content (AvgIpc) is 2.44. The fourth-order valence-corrected chi connectivity index (χ4v) is 3.60. The largest absolute Gasteiger partial charge is 0.0836 e. The third-order valence-electron chi connectivity index (χ3n) is 3.98. The molecule has 0 aliphatic rings. The predicted molar refractivity (Wildman–Crippen MR) is 89.0 cm³/mol. The third kappa shape index (κ3) is 3.20. The Morgan fingerprint density at radius 3 is 2.58 bits per heavy atom. The molecule has 19 heavy (non-hydrogen) atoms. The lowest BCUT2D eigenvalue weighted by Gasteiger charge is -2.22. The van der Waals surface area contributed by atoms with E-state index in [0.717, 1.165) is 0 Å². The van der Waals surface area contributed by atoms with Gasteiger partial charge >= 0.3 is 0 Å². The van der Waals surface area contributed by atoms with Crippen molar-refractivity contribution in [2.75, 3.05) is 0 Å². The van der Waals surface area contributed by atoms with Crippen molar-refractivity contribution in [1.82, 2.24) is 0 Å². The number of halogens is 1. The molecule has 2 atom stereocenters. The van der Waals surface area contributed by atoms with Crippen LogP contribution in [-0.4, -0.2) is 0 Å². The van der Waals surface area contributed by atoms with Gasteiger partial charge in [-0.25, -0.2) is 0 Å². The molecule has 0 aliphatic heterocycles. The summed E-state index contributed by atoms with van der Waals surface area (Å²) in [7, 11) is 0. The van der Waals surface area contributed by atoms with E-state index in [-0.39, 0.29) is 0 Å². The van der Waals surface area contributed by atoms with E-state index in [2.05, 4.69) is 73.1 Å². The predicted octanol–water partition coefficient (Wildman–Crippen LogP) is 6.41. The lowest BCUT2D eigenvalue weighted by molar-refractivity contribution is 0.501. The molecule has 0 N–H and O–H groups in total. The van der Waals surface area contributed by atoms with Gasteiger partial charge in [-0.1, -0.05) is 79.0 Å². The van der Waals surface area contributed by atoms with Gasteiger partial charge in [0.2, 0.25) is 0 Å². The Bertz CT molecular complexity index is 544. The van der Waals surface area contributed by atoms with E-state index < -0.39 is 0 Å². The molecule has 102 valence electrons. The Morgan fingerprint density at radius 2 is 1.84 bits per heavy atom. The Kier molecular flexibility index (Phi) is 5.04. The van der Waals surface area contributed by atoms with Crippen molar-refractivity contribution in [3.63, 3.8) is 0 Å². The van der Waals surface area contributed by atoms with Crippen LogP contribution in [0.2, 0.25) is 0 Å². The molecule has 0 spiro atoms. The van der Waals surface area contributed by atoms with E-state index in [0.29, 0.717) is 10.7 Å². The summed E-state index contributed by atoms with van der Waals surface area (Å²) in [4.78, 5) is 0.449. The lowest BCUT2D eigenvalue weighted by atomic mass is 9.90. The van der Waals surface area contributed by atoms with Gasteiger partial charge in [-0.05, 0) is 41.2 Å². The molecule has 1 heteroatoms. The van der Waals surface area contributed by atoms with Crippen LogP contribution in [0.3, 0.4) is 0 Å². The Hall–Kier alpha value is -0.820. The van der Waals surface area contributed by atoms with Crippen molar-refractivity contribution in [3.8, 4) is 0 Å². The number of unbranched alkanes of at least 4 members (excludes halogenated alkanes) is 1. The number of hydrogen-bond donors (Lipinski definition) is 0. The standard InChI is InChI=1S/C18H23Br/c1-4-5-8-14(3)18(19)17-13(2)11-12-15-9-6-7-10-16(15)17/h6-7,9-12,14,18H,4-5,8H2,1-3H3. The van der Waals surface area contributed by atoms with E-state index in [9.17, 15) is 0 Å². The van der Waals surface area contributed by atoms with Gasteiger partial charge in [0, 0.05) is 4.83 Å². The van der Waals surface area contributed by atoms with Crippen LogP contribution < -0.4 is 0 Å². The lowest BCUT2D eigenvalue weighted by Crippen LogP contribution is -2.06. The highest BCUT2D eigenvalue weighted by Crippen LogP contribution is 2.39. The molecular formula is C18H23Br. The normalized spacial score (nSPS) is 14.5. The first kappa shape index (κ1) is 14.6. The van der Waals surface area contributed by atoms with Crippen LogP contribution in [0.25, 0.3) is 10.8 Å². The van der Waals surface area contributed by atoms with Gasteiger partial charge in [-0.3, -0.25) is 0 Å². The van der Waals surface area contributed by atoms with Crippen LogP contribution in [0.1, 0.15) is 49.1 Å². The molecule has 0 saturated carbocycles. The SMILES string of the molecule is CCCCC(C)C(Br)c1c(C)ccc2ccccc12. The summed E-state index contributed by atoms with van der Waals surface area (Å²) in [6.45, 7) is 6.85. The molecule has 0 fully saturated rings. The first-order chi connectivity index (χ1) is 9.15. The minimum Gasteiger partial charge on any atom is -0.0836 e. The van der Waals surface area contributed by atoms with E-state index in [1.165, 1.54) is 41.2 Å². The number of alkyl halides is 1. The smallest absolute Gasteiger partial charge is 0.0429 e. The molecule has 0 aromatic heterocycles. The molecule has 0 aliphatic carbocycles. The molecule has 2 aromatic carbocycles. The van der Waals surface area contributed by atoms with Crippen LogP contribution in [0.4, 0.5) is 0 Å². The fraction of sp³-hybridized carbons (Fsp3) is 0.444. The number of rotatable bonds is 5. The number of aryl methyl sites for hydroxylation is 1. The summed E-state index contributed by atoms with van der Waals surface area (Å²) in [5.74, 6) is 0.671. The van der Waals surface area contributed by atoms with Crippen molar-refractivity contribution in [2.24, 2.45) is 5.92 Å². The summed E-state index contributed by atoms with van der Waals surface area (Å²) in [6.07, 6.45) is 3.88. The van der Waals surface area contributed by atoms with Gasteiger partial charge < -0.3 is 0 Å². The molecule has 2 unspecified atom stereocenters. The molecule has 0 amide bonds. The Morgan fingerprint density at radius 1 is 1.11 bits per heavy atom. The maximum Gasteiger partial charge on any atom is 0.0429 e. The Balaban J connectivity index is 2.40. The van der Waals surface area contributed by atoms with Crippen LogP contribution in [0.5, 0.6) is 0 Å². The monoisotopic (exact) mass is 318 g/mol. The summed E-state index contributed by atoms with van der Waals surface area (Å²) < 4.78 is 0. The topological polar surface area (TPSA) is 0 Å². The van der Waals surface area contributed by atoms with Crippen molar-refractivity contribution in [1.29, 1.82) is 0 Å². The second-order valence-corrected chi connectivity index (χ2v) is 6.53. The van der Waals surface area contributed by atoms with E-state index in [1.54, 1.807) is 0 Å². The maximum absolute atomic E-state index is 3.95. The Labute approximate surface area is 125 Å². The zero-order valence-electron chi connectivity index (χ0n) is 12.1. The van der Waals surface area contributed by atoms with Gasteiger partial charge in [-0.15, -0.1) is 0 Å². The molecule has 0 heterocycles. The van der Waals surface area contributed by atoms with Gasteiger partial charge in [0.1, 0.15) is 0 Å². The molecule has 2 aromatic rings. The zero-order valence-corrected chi connectivity index (χ0v) is 13.7. The highest BCUT2D eigenvalue weighted by molar-refractivity contribution is 9.09. The first-order valence-electron chi connectivity index (χ1n) is 7.27. The van der Waals surface area contributed by atoms with Crippen LogP contribution in [-0.2, 0) is 0 Å². The van der Waals surface area contributed by atoms with Gasteiger partial charge in [0.05, 0.1) is 0 Å². The highest BCUT2D eigenvalue weighted by atomic mass is 79.9. The number of hydrogen-bond acceptors (Lipinski definition) is 0. The minimum atomic E-state index is 0.449.